The third-order valence-corrected chi connectivity index (χ3v) is 5.91. The average molecular weight is 454 g/mol. The molecule has 0 radical (unpaired) electrons. The van der Waals surface area contributed by atoms with Gasteiger partial charge >= 0.3 is 6.03 Å². The highest BCUT2D eigenvalue weighted by atomic mass is 32.2. The Labute approximate surface area is 190 Å². The summed E-state index contributed by atoms with van der Waals surface area (Å²) in [6.45, 7) is 1.85. The zero-order chi connectivity index (χ0) is 22.5. The zero-order valence-electron chi connectivity index (χ0n) is 17.7. The van der Waals surface area contributed by atoms with E-state index in [0.717, 1.165) is 31.5 Å². The van der Waals surface area contributed by atoms with Gasteiger partial charge in [-0.05, 0) is 61.1 Å². The molecular weight excluding hydrogens is 429 g/mol. The Morgan fingerprint density at radius 1 is 1.12 bits per heavy atom. The summed E-state index contributed by atoms with van der Waals surface area (Å²) in [5, 5.41) is 6.45. The van der Waals surface area contributed by atoms with Crippen molar-refractivity contribution in [3.63, 3.8) is 0 Å². The summed E-state index contributed by atoms with van der Waals surface area (Å²) in [5.74, 6) is -0.643. The highest BCUT2D eigenvalue weighted by Gasteiger charge is 2.19. The van der Waals surface area contributed by atoms with E-state index < -0.39 is 0 Å². The first-order valence-electron chi connectivity index (χ1n) is 10.4. The Bertz CT molecular complexity index is 1110. The predicted molar refractivity (Wildman–Crippen MR) is 123 cm³/mol. The van der Waals surface area contributed by atoms with E-state index in [-0.39, 0.29) is 24.3 Å². The van der Waals surface area contributed by atoms with E-state index in [4.69, 9.17) is 0 Å². The maximum Gasteiger partial charge on any atom is 0.321 e. The Kier molecular flexibility index (Phi) is 6.75. The molecule has 0 spiro atoms. The fourth-order valence-electron chi connectivity index (χ4n) is 3.63. The van der Waals surface area contributed by atoms with Gasteiger partial charge in [-0.15, -0.1) is 0 Å². The molecule has 3 amide bonds. The average Bonchev–Trinajstić information content (AvgIpc) is 3.48. The first-order valence-corrected chi connectivity index (χ1v) is 11.6. The van der Waals surface area contributed by atoms with Gasteiger partial charge in [0.1, 0.15) is 11.5 Å². The summed E-state index contributed by atoms with van der Waals surface area (Å²) >= 11 is 1.40. The van der Waals surface area contributed by atoms with E-state index in [0.29, 0.717) is 22.2 Å². The molecule has 1 aliphatic rings. The molecule has 3 aromatic rings. The minimum absolute atomic E-state index is 0.100. The Morgan fingerprint density at radius 3 is 2.59 bits per heavy atom. The SMILES string of the molecule is CSc1ncc(C(=O)NCc2cccc(NC(=O)N3CCCC3)c2)n1-c1ccc(F)cc1. The normalized spacial score (nSPS) is 13.2. The first kappa shape index (κ1) is 21.9. The largest absolute Gasteiger partial charge is 0.347 e. The van der Waals surface area contributed by atoms with Gasteiger partial charge < -0.3 is 15.5 Å². The predicted octanol–water partition coefficient (Wildman–Crippen LogP) is 4.29. The van der Waals surface area contributed by atoms with Gasteiger partial charge in [0.05, 0.1) is 6.20 Å². The van der Waals surface area contributed by atoms with E-state index in [9.17, 15) is 14.0 Å². The second kappa shape index (κ2) is 9.86. The van der Waals surface area contributed by atoms with Crippen LogP contribution in [0.2, 0.25) is 0 Å². The van der Waals surface area contributed by atoms with Crippen molar-refractivity contribution in [3.05, 3.63) is 71.8 Å². The van der Waals surface area contributed by atoms with Crippen molar-refractivity contribution in [1.82, 2.24) is 19.8 Å². The van der Waals surface area contributed by atoms with Gasteiger partial charge in [0.15, 0.2) is 5.16 Å². The fraction of sp³-hybridized carbons (Fsp3) is 0.261. The number of rotatable bonds is 6. The van der Waals surface area contributed by atoms with Crippen LogP contribution in [0.4, 0.5) is 14.9 Å². The number of nitrogens with one attached hydrogen (secondary N) is 2. The topological polar surface area (TPSA) is 79.3 Å². The lowest BCUT2D eigenvalue weighted by Crippen LogP contribution is -2.32. The Balaban J connectivity index is 1.45. The highest BCUT2D eigenvalue weighted by Crippen LogP contribution is 2.22. The molecule has 9 heteroatoms. The Hall–Kier alpha value is -3.33. The minimum Gasteiger partial charge on any atom is -0.347 e. The van der Waals surface area contributed by atoms with Crippen LogP contribution in [0.1, 0.15) is 28.9 Å². The zero-order valence-corrected chi connectivity index (χ0v) is 18.5. The molecule has 2 heterocycles. The number of carbonyl (C=O) groups excluding carboxylic acids is 2. The number of hydrogen-bond acceptors (Lipinski definition) is 4. The number of benzene rings is 2. The molecule has 166 valence electrons. The summed E-state index contributed by atoms with van der Waals surface area (Å²) in [7, 11) is 0. The molecule has 4 rings (SSSR count). The molecule has 32 heavy (non-hydrogen) atoms. The third kappa shape index (κ3) is 4.94. The van der Waals surface area contributed by atoms with Gasteiger partial charge in [-0.2, -0.15) is 0 Å². The number of anilines is 1. The van der Waals surface area contributed by atoms with Crippen molar-refractivity contribution in [2.75, 3.05) is 24.7 Å². The van der Waals surface area contributed by atoms with Gasteiger partial charge in [-0.3, -0.25) is 9.36 Å². The number of thioether (sulfide) groups is 1. The van der Waals surface area contributed by atoms with Crippen molar-refractivity contribution in [3.8, 4) is 5.69 Å². The van der Waals surface area contributed by atoms with Gasteiger partial charge in [0, 0.05) is 31.0 Å². The van der Waals surface area contributed by atoms with Crippen molar-refractivity contribution < 1.29 is 14.0 Å². The maximum absolute atomic E-state index is 13.3. The molecule has 2 N–H and O–H groups in total. The second-order valence-electron chi connectivity index (χ2n) is 7.45. The lowest BCUT2D eigenvalue weighted by atomic mass is 10.2. The lowest BCUT2D eigenvalue weighted by molar-refractivity contribution is 0.0943. The summed E-state index contributed by atoms with van der Waals surface area (Å²) in [6.07, 6.45) is 5.45. The molecule has 0 bridgehead atoms. The van der Waals surface area contributed by atoms with Gasteiger partial charge in [-0.1, -0.05) is 23.9 Å². The van der Waals surface area contributed by atoms with Crippen LogP contribution >= 0.6 is 11.8 Å². The van der Waals surface area contributed by atoms with E-state index >= 15 is 0 Å². The molecule has 0 atom stereocenters. The van der Waals surface area contributed by atoms with Crippen LogP contribution in [-0.2, 0) is 6.54 Å². The Morgan fingerprint density at radius 2 is 1.88 bits per heavy atom. The van der Waals surface area contributed by atoms with Crippen LogP contribution in [0.3, 0.4) is 0 Å². The molecule has 0 unspecified atom stereocenters. The molecule has 0 aliphatic carbocycles. The lowest BCUT2D eigenvalue weighted by Gasteiger charge is -2.16. The van der Waals surface area contributed by atoms with Crippen LogP contribution in [0.25, 0.3) is 5.69 Å². The number of nitrogens with zero attached hydrogens (tertiary/aromatic N) is 3. The molecule has 1 fully saturated rings. The van der Waals surface area contributed by atoms with E-state index in [1.807, 2.05) is 30.5 Å². The van der Waals surface area contributed by atoms with Crippen molar-refractivity contribution in [2.45, 2.75) is 24.5 Å². The highest BCUT2D eigenvalue weighted by molar-refractivity contribution is 7.98. The molecule has 0 saturated carbocycles. The van der Waals surface area contributed by atoms with E-state index in [1.54, 1.807) is 21.6 Å². The first-order chi connectivity index (χ1) is 15.5. The summed E-state index contributed by atoms with van der Waals surface area (Å²) < 4.78 is 15.0. The number of amides is 3. The standard InChI is InChI=1S/C23H24FN5O2S/c1-32-23-26-15-20(29(23)19-9-7-17(24)8-10-19)21(30)25-14-16-5-4-6-18(13-16)27-22(31)28-11-2-3-12-28/h4-10,13,15H,2-3,11-12,14H2,1H3,(H,25,30)(H,27,31). The number of carbonyl (C=O) groups is 2. The van der Waals surface area contributed by atoms with E-state index in [1.165, 1.54) is 30.1 Å². The molecule has 1 aromatic heterocycles. The second-order valence-corrected chi connectivity index (χ2v) is 8.22. The minimum atomic E-state index is -0.345. The quantitative estimate of drug-likeness (QED) is 0.546. The number of imidazole rings is 1. The van der Waals surface area contributed by atoms with E-state index in [2.05, 4.69) is 15.6 Å². The van der Waals surface area contributed by atoms with Crippen molar-refractivity contribution in [2.24, 2.45) is 0 Å². The van der Waals surface area contributed by atoms with Crippen LogP contribution in [0, 0.1) is 5.82 Å². The summed E-state index contributed by atoms with van der Waals surface area (Å²) in [6, 6.07) is 13.2. The number of likely N-dealkylation sites (tertiary alicyclic amines) is 1. The summed E-state index contributed by atoms with van der Waals surface area (Å²) in [4.78, 5) is 31.3. The molecule has 1 saturated heterocycles. The maximum atomic E-state index is 13.3. The third-order valence-electron chi connectivity index (χ3n) is 5.25. The van der Waals surface area contributed by atoms with Crippen molar-refractivity contribution >= 4 is 29.4 Å². The molecule has 7 nitrogen and oxygen atoms in total. The van der Waals surface area contributed by atoms with Gasteiger partial charge in [0.25, 0.3) is 5.91 Å². The molecule has 1 aliphatic heterocycles. The molecule has 2 aromatic carbocycles. The number of halogens is 1. The van der Waals surface area contributed by atoms with Crippen LogP contribution in [0.5, 0.6) is 0 Å². The fourth-order valence-corrected chi connectivity index (χ4v) is 4.18. The number of urea groups is 1. The number of hydrogen-bond donors (Lipinski definition) is 2. The summed E-state index contributed by atoms with van der Waals surface area (Å²) in [5.41, 5.74) is 2.56. The van der Waals surface area contributed by atoms with Crippen molar-refractivity contribution in [1.29, 1.82) is 0 Å². The van der Waals surface area contributed by atoms with Gasteiger partial charge in [0.2, 0.25) is 0 Å². The van der Waals surface area contributed by atoms with Crippen LogP contribution < -0.4 is 10.6 Å². The monoisotopic (exact) mass is 453 g/mol. The molecular formula is C23H24FN5O2S. The van der Waals surface area contributed by atoms with Crippen LogP contribution in [0.15, 0.2) is 59.9 Å². The number of aromatic nitrogens is 2. The smallest absolute Gasteiger partial charge is 0.321 e. The van der Waals surface area contributed by atoms with Crippen LogP contribution in [-0.4, -0.2) is 45.7 Å². The van der Waals surface area contributed by atoms with Gasteiger partial charge in [-0.25, -0.2) is 14.2 Å².